The Morgan fingerprint density at radius 3 is 2.40 bits per heavy atom. The van der Waals surface area contributed by atoms with Gasteiger partial charge < -0.3 is 10.1 Å². The minimum atomic E-state index is -0.327. The molecule has 0 aliphatic rings. The number of amides is 1. The summed E-state index contributed by atoms with van der Waals surface area (Å²) in [7, 11) is 0. The second-order valence-electron chi connectivity index (χ2n) is 6.88. The first-order chi connectivity index (χ1) is 14.4. The van der Waals surface area contributed by atoms with Gasteiger partial charge in [0.2, 0.25) is 0 Å². The monoisotopic (exact) mass is 424 g/mol. The van der Waals surface area contributed by atoms with Gasteiger partial charge >= 0.3 is 0 Å². The molecule has 4 aromatic rings. The number of aromatic nitrogens is 3. The van der Waals surface area contributed by atoms with E-state index in [1.165, 1.54) is 16.9 Å². The number of anilines is 1. The zero-order valence-electron chi connectivity index (χ0n) is 16.3. The number of hydrogen-bond acceptors (Lipinski definition) is 4. The molecule has 152 valence electrons. The predicted octanol–water partition coefficient (Wildman–Crippen LogP) is 4.85. The van der Waals surface area contributed by atoms with Crippen molar-refractivity contribution in [3.63, 3.8) is 0 Å². The van der Waals surface area contributed by atoms with Crippen LogP contribution in [0.5, 0.6) is 5.75 Å². The van der Waals surface area contributed by atoms with E-state index in [-0.39, 0.29) is 18.3 Å². The highest BCUT2D eigenvalue weighted by Gasteiger charge is 2.10. The van der Waals surface area contributed by atoms with Gasteiger partial charge in [0.1, 0.15) is 22.6 Å². The van der Waals surface area contributed by atoms with Crippen molar-refractivity contribution in [3.05, 3.63) is 76.6 Å². The Labute approximate surface area is 177 Å². The minimum absolute atomic E-state index is 0.138. The molecule has 0 radical (unpaired) electrons. The number of nitrogens with one attached hydrogen (secondary N) is 1. The lowest BCUT2D eigenvalue weighted by molar-refractivity contribution is -0.118. The number of rotatable bonds is 5. The van der Waals surface area contributed by atoms with Crippen molar-refractivity contribution in [2.75, 3.05) is 11.9 Å². The van der Waals surface area contributed by atoms with E-state index < -0.39 is 0 Å². The van der Waals surface area contributed by atoms with E-state index in [2.05, 4.69) is 15.5 Å². The molecule has 0 spiro atoms. The van der Waals surface area contributed by atoms with Crippen LogP contribution in [-0.4, -0.2) is 27.5 Å². The van der Waals surface area contributed by atoms with Crippen LogP contribution in [0.15, 0.2) is 54.6 Å². The molecule has 0 saturated carbocycles. The van der Waals surface area contributed by atoms with E-state index in [1.54, 1.807) is 42.5 Å². The fourth-order valence-electron chi connectivity index (χ4n) is 3.02. The second-order valence-corrected chi connectivity index (χ2v) is 7.26. The Bertz CT molecular complexity index is 1210. The van der Waals surface area contributed by atoms with Crippen molar-refractivity contribution in [1.82, 2.24) is 15.0 Å². The van der Waals surface area contributed by atoms with Crippen LogP contribution in [0.2, 0.25) is 5.02 Å². The minimum Gasteiger partial charge on any atom is -0.484 e. The average molecular weight is 425 g/mol. The summed E-state index contributed by atoms with van der Waals surface area (Å²) >= 11 is 6.15. The molecule has 1 heterocycles. The largest absolute Gasteiger partial charge is 0.484 e. The first-order valence-electron chi connectivity index (χ1n) is 9.21. The van der Waals surface area contributed by atoms with Gasteiger partial charge in [-0.1, -0.05) is 11.6 Å². The van der Waals surface area contributed by atoms with Crippen LogP contribution in [0, 0.1) is 19.7 Å². The number of hydrogen-bond donors (Lipinski definition) is 1. The highest BCUT2D eigenvalue weighted by molar-refractivity contribution is 6.32. The summed E-state index contributed by atoms with van der Waals surface area (Å²) in [5, 5.41) is 12.2. The highest BCUT2D eigenvalue weighted by atomic mass is 35.5. The lowest BCUT2D eigenvalue weighted by Gasteiger charge is -2.10. The summed E-state index contributed by atoms with van der Waals surface area (Å²) < 4.78 is 18.7. The van der Waals surface area contributed by atoms with Crippen LogP contribution in [0.1, 0.15) is 11.1 Å². The molecular formula is C22H18ClFN4O2. The van der Waals surface area contributed by atoms with E-state index in [9.17, 15) is 9.18 Å². The zero-order valence-corrected chi connectivity index (χ0v) is 17.1. The molecule has 0 atom stereocenters. The molecule has 8 heteroatoms. The molecule has 3 aromatic carbocycles. The lowest BCUT2D eigenvalue weighted by atomic mass is 10.1. The maximum absolute atomic E-state index is 13.1. The molecule has 0 saturated heterocycles. The SMILES string of the molecule is Cc1cc(OCC(=O)Nc2ccc3nn(-c4ccc(F)cc4)nc3c2)cc(C)c1Cl. The van der Waals surface area contributed by atoms with E-state index in [1.807, 2.05) is 13.8 Å². The lowest BCUT2D eigenvalue weighted by Crippen LogP contribution is -2.20. The average Bonchev–Trinajstić information content (AvgIpc) is 3.14. The van der Waals surface area contributed by atoms with Crippen LogP contribution in [-0.2, 0) is 4.79 Å². The molecule has 0 bridgehead atoms. The van der Waals surface area contributed by atoms with Gasteiger partial charge in [-0.2, -0.15) is 4.80 Å². The molecular weight excluding hydrogens is 407 g/mol. The van der Waals surface area contributed by atoms with Gasteiger partial charge in [-0.25, -0.2) is 4.39 Å². The summed E-state index contributed by atoms with van der Waals surface area (Å²) in [5.41, 5.74) is 4.25. The Hall–Kier alpha value is -3.45. The highest BCUT2D eigenvalue weighted by Crippen LogP contribution is 2.26. The standard InChI is InChI=1S/C22H18ClFN4O2/c1-13-9-18(10-14(2)22(13)23)30-12-21(29)25-16-5-8-19-20(11-16)27-28(26-19)17-6-3-15(24)4-7-17/h3-11H,12H2,1-2H3,(H,25,29). The molecule has 0 unspecified atom stereocenters. The summed E-state index contributed by atoms with van der Waals surface area (Å²) in [6.07, 6.45) is 0. The molecule has 4 rings (SSSR count). The van der Waals surface area contributed by atoms with Gasteiger partial charge in [-0.15, -0.1) is 10.2 Å². The summed E-state index contributed by atoms with van der Waals surface area (Å²) in [4.78, 5) is 13.7. The maximum atomic E-state index is 13.1. The van der Waals surface area contributed by atoms with Crippen molar-refractivity contribution < 1.29 is 13.9 Å². The summed E-state index contributed by atoms with van der Waals surface area (Å²) in [6.45, 7) is 3.63. The first kappa shape index (κ1) is 19.8. The van der Waals surface area contributed by atoms with Crippen LogP contribution < -0.4 is 10.1 Å². The quantitative estimate of drug-likeness (QED) is 0.497. The Balaban J connectivity index is 1.44. The Kier molecular flexibility index (Phi) is 5.37. The third-order valence-electron chi connectivity index (χ3n) is 4.50. The fourth-order valence-corrected chi connectivity index (χ4v) is 3.13. The first-order valence-corrected chi connectivity index (χ1v) is 9.59. The molecule has 0 fully saturated rings. The molecule has 1 N–H and O–H groups in total. The van der Waals surface area contributed by atoms with Crippen LogP contribution in [0.3, 0.4) is 0 Å². The number of ether oxygens (including phenoxy) is 1. The number of halogens is 2. The van der Waals surface area contributed by atoms with Gasteiger partial charge in [0.05, 0.1) is 5.69 Å². The van der Waals surface area contributed by atoms with Gasteiger partial charge in [0, 0.05) is 10.7 Å². The molecule has 30 heavy (non-hydrogen) atoms. The number of aryl methyl sites for hydroxylation is 2. The smallest absolute Gasteiger partial charge is 0.262 e. The summed E-state index contributed by atoms with van der Waals surface area (Å²) in [6, 6.07) is 14.7. The normalized spacial score (nSPS) is 10.9. The van der Waals surface area contributed by atoms with Crippen molar-refractivity contribution in [1.29, 1.82) is 0 Å². The number of fused-ring (bicyclic) bond motifs is 1. The van der Waals surface area contributed by atoms with E-state index in [0.29, 0.717) is 33.2 Å². The fraction of sp³-hybridized carbons (Fsp3) is 0.136. The molecule has 0 aliphatic carbocycles. The van der Waals surface area contributed by atoms with Crippen molar-refractivity contribution in [2.45, 2.75) is 13.8 Å². The molecule has 1 amide bonds. The van der Waals surface area contributed by atoms with Crippen LogP contribution >= 0.6 is 11.6 Å². The molecule has 0 aliphatic heterocycles. The van der Waals surface area contributed by atoms with E-state index >= 15 is 0 Å². The number of carbonyl (C=O) groups excluding carboxylic acids is 1. The van der Waals surface area contributed by atoms with Crippen LogP contribution in [0.25, 0.3) is 16.7 Å². The maximum Gasteiger partial charge on any atom is 0.262 e. The van der Waals surface area contributed by atoms with E-state index in [0.717, 1.165) is 11.1 Å². The third-order valence-corrected chi connectivity index (χ3v) is 5.10. The third kappa shape index (κ3) is 4.26. The second kappa shape index (κ2) is 8.12. The van der Waals surface area contributed by atoms with Gasteiger partial charge in [-0.05, 0) is 79.6 Å². The Morgan fingerprint density at radius 1 is 1.03 bits per heavy atom. The van der Waals surface area contributed by atoms with Gasteiger partial charge in [0.15, 0.2) is 6.61 Å². The van der Waals surface area contributed by atoms with Gasteiger partial charge in [0.25, 0.3) is 5.91 Å². The van der Waals surface area contributed by atoms with Crippen molar-refractivity contribution >= 4 is 34.2 Å². The van der Waals surface area contributed by atoms with Crippen molar-refractivity contribution in [3.8, 4) is 11.4 Å². The number of carbonyl (C=O) groups is 1. The van der Waals surface area contributed by atoms with Crippen molar-refractivity contribution in [2.24, 2.45) is 0 Å². The van der Waals surface area contributed by atoms with Gasteiger partial charge in [-0.3, -0.25) is 4.79 Å². The number of benzene rings is 3. The molecule has 6 nitrogen and oxygen atoms in total. The number of nitrogens with zero attached hydrogens (tertiary/aromatic N) is 3. The molecule has 1 aromatic heterocycles. The van der Waals surface area contributed by atoms with Crippen LogP contribution in [0.4, 0.5) is 10.1 Å². The Morgan fingerprint density at radius 2 is 1.70 bits per heavy atom. The summed E-state index contributed by atoms with van der Waals surface area (Å²) in [5.74, 6) is -0.0422. The zero-order chi connectivity index (χ0) is 21.3. The topological polar surface area (TPSA) is 69.0 Å². The van der Waals surface area contributed by atoms with E-state index in [4.69, 9.17) is 16.3 Å². The predicted molar refractivity (Wildman–Crippen MR) is 114 cm³/mol.